The molecule has 4 rings (SSSR count). The van der Waals surface area contributed by atoms with Crippen LogP contribution in [0.3, 0.4) is 0 Å². The Morgan fingerprint density at radius 1 is 1.30 bits per heavy atom. The zero-order valence-corrected chi connectivity index (χ0v) is 18.8. The van der Waals surface area contributed by atoms with Crippen LogP contribution in [0.1, 0.15) is 21.5 Å². The SMILES string of the molecule is COc1ccnc(-n2c(=S)[nH]c3cc(C(=O)NCc4cccc(Cl)c4)ccc3c2=O)c1C#N. The van der Waals surface area contributed by atoms with Crippen LogP contribution in [0.4, 0.5) is 0 Å². The number of H-pyrrole nitrogens is 1. The molecule has 4 aromatic rings. The summed E-state index contributed by atoms with van der Waals surface area (Å²) in [7, 11) is 1.42. The molecule has 10 heteroatoms. The van der Waals surface area contributed by atoms with E-state index in [4.69, 9.17) is 28.6 Å². The lowest BCUT2D eigenvalue weighted by Gasteiger charge is -2.11. The van der Waals surface area contributed by atoms with Gasteiger partial charge in [-0.1, -0.05) is 23.7 Å². The molecular weight excluding hydrogens is 462 g/mol. The zero-order valence-electron chi connectivity index (χ0n) is 17.3. The van der Waals surface area contributed by atoms with Crippen molar-refractivity contribution < 1.29 is 9.53 Å². The first-order valence-corrected chi connectivity index (χ1v) is 10.5. The molecule has 8 nitrogen and oxygen atoms in total. The van der Waals surface area contributed by atoms with Gasteiger partial charge in [-0.15, -0.1) is 0 Å². The Morgan fingerprint density at radius 2 is 2.12 bits per heavy atom. The van der Waals surface area contributed by atoms with Crippen molar-refractivity contribution in [2.24, 2.45) is 0 Å². The molecule has 2 aromatic carbocycles. The first-order valence-electron chi connectivity index (χ1n) is 9.68. The minimum atomic E-state index is -0.475. The monoisotopic (exact) mass is 477 g/mol. The second-order valence-corrected chi connectivity index (χ2v) is 7.79. The smallest absolute Gasteiger partial charge is 0.267 e. The summed E-state index contributed by atoms with van der Waals surface area (Å²) in [5, 5.41) is 13.2. The molecule has 0 aliphatic rings. The first-order chi connectivity index (χ1) is 15.9. The fraction of sp³-hybridized carbons (Fsp3) is 0.0870. The van der Waals surface area contributed by atoms with Crippen LogP contribution in [0.5, 0.6) is 5.75 Å². The van der Waals surface area contributed by atoms with Gasteiger partial charge in [0, 0.05) is 23.3 Å². The number of hydrogen-bond donors (Lipinski definition) is 2. The summed E-state index contributed by atoms with van der Waals surface area (Å²) >= 11 is 11.4. The number of hydrogen-bond acceptors (Lipinski definition) is 6. The highest BCUT2D eigenvalue weighted by molar-refractivity contribution is 7.71. The largest absolute Gasteiger partial charge is 0.495 e. The predicted molar refractivity (Wildman–Crippen MR) is 126 cm³/mol. The predicted octanol–water partition coefficient (Wildman–Crippen LogP) is 3.91. The lowest BCUT2D eigenvalue weighted by atomic mass is 10.1. The Balaban J connectivity index is 1.72. The molecule has 0 fully saturated rings. The molecule has 0 bridgehead atoms. The van der Waals surface area contributed by atoms with Crippen LogP contribution in [0.25, 0.3) is 16.7 Å². The number of halogens is 1. The number of nitrogens with one attached hydrogen (secondary N) is 2. The van der Waals surface area contributed by atoms with E-state index in [0.717, 1.165) is 10.1 Å². The Labute approximate surface area is 198 Å². The van der Waals surface area contributed by atoms with Gasteiger partial charge in [0.1, 0.15) is 17.4 Å². The number of fused-ring (bicyclic) bond motifs is 1. The van der Waals surface area contributed by atoms with Gasteiger partial charge in [-0.25, -0.2) is 9.55 Å². The molecule has 0 saturated carbocycles. The van der Waals surface area contributed by atoms with Crippen LogP contribution in [0.15, 0.2) is 59.5 Å². The maximum atomic E-state index is 13.2. The lowest BCUT2D eigenvalue weighted by molar-refractivity contribution is 0.0951. The van der Waals surface area contributed by atoms with Crippen molar-refractivity contribution in [2.75, 3.05) is 7.11 Å². The third kappa shape index (κ3) is 4.35. The van der Waals surface area contributed by atoms with E-state index in [1.807, 2.05) is 12.1 Å². The second-order valence-electron chi connectivity index (χ2n) is 6.97. The van der Waals surface area contributed by atoms with Gasteiger partial charge in [0.25, 0.3) is 11.5 Å². The van der Waals surface area contributed by atoms with Gasteiger partial charge in [-0.3, -0.25) is 9.59 Å². The van der Waals surface area contributed by atoms with Gasteiger partial charge in [0.15, 0.2) is 10.6 Å². The van der Waals surface area contributed by atoms with Crippen LogP contribution in [0.2, 0.25) is 5.02 Å². The third-order valence-corrected chi connectivity index (χ3v) is 5.46. The Morgan fingerprint density at radius 3 is 2.85 bits per heavy atom. The maximum absolute atomic E-state index is 13.2. The van der Waals surface area contributed by atoms with Crippen molar-refractivity contribution in [1.82, 2.24) is 19.9 Å². The molecule has 2 aromatic heterocycles. The van der Waals surface area contributed by atoms with Crippen molar-refractivity contribution >= 4 is 40.6 Å². The van der Waals surface area contributed by atoms with Gasteiger partial charge in [0.2, 0.25) is 0 Å². The van der Waals surface area contributed by atoms with E-state index in [1.165, 1.54) is 25.4 Å². The number of carbonyl (C=O) groups is 1. The minimum absolute atomic E-state index is 0.0289. The summed E-state index contributed by atoms with van der Waals surface area (Å²) in [6, 6.07) is 15.3. The molecule has 0 aliphatic carbocycles. The lowest BCUT2D eigenvalue weighted by Crippen LogP contribution is -2.24. The summed E-state index contributed by atoms with van der Waals surface area (Å²) in [5.74, 6) is 0.0190. The van der Waals surface area contributed by atoms with Crippen molar-refractivity contribution in [3.05, 3.63) is 91.6 Å². The molecule has 0 unspecified atom stereocenters. The van der Waals surface area contributed by atoms with E-state index in [2.05, 4.69) is 15.3 Å². The van der Waals surface area contributed by atoms with Gasteiger partial charge >= 0.3 is 0 Å². The van der Waals surface area contributed by atoms with Gasteiger partial charge in [-0.05, 0) is 54.2 Å². The van der Waals surface area contributed by atoms with E-state index < -0.39 is 5.56 Å². The molecule has 0 spiro atoms. The van der Waals surface area contributed by atoms with Crippen LogP contribution >= 0.6 is 23.8 Å². The van der Waals surface area contributed by atoms with E-state index in [0.29, 0.717) is 22.6 Å². The number of benzene rings is 2. The molecular formula is C23H16ClN5O3S. The number of carbonyl (C=O) groups excluding carboxylic acids is 1. The number of amides is 1. The molecule has 0 saturated heterocycles. The molecule has 0 atom stereocenters. The molecule has 0 radical (unpaired) electrons. The number of aromatic nitrogens is 3. The highest BCUT2D eigenvalue weighted by Gasteiger charge is 2.17. The van der Waals surface area contributed by atoms with Crippen molar-refractivity contribution in [2.45, 2.75) is 6.54 Å². The Hall–Kier alpha value is -4.00. The molecule has 164 valence electrons. The van der Waals surface area contributed by atoms with E-state index in [9.17, 15) is 14.9 Å². The molecule has 2 heterocycles. The van der Waals surface area contributed by atoms with Gasteiger partial charge in [-0.2, -0.15) is 5.26 Å². The fourth-order valence-corrected chi connectivity index (χ4v) is 3.85. The highest BCUT2D eigenvalue weighted by atomic mass is 35.5. The number of rotatable bonds is 5. The number of pyridine rings is 1. The highest BCUT2D eigenvalue weighted by Crippen LogP contribution is 2.22. The maximum Gasteiger partial charge on any atom is 0.267 e. The van der Waals surface area contributed by atoms with E-state index >= 15 is 0 Å². The van der Waals surface area contributed by atoms with Crippen LogP contribution in [0, 0.1) is 16.1 Å². The quantitative estimate of drug-likeness (QED) is 0.421. The van der Waals surface area contributed by atoms with Crippen molar-refractivity contribution in [3.63, 3.8) is 0 Å². The normalized spacial score (nSPS) is 10.6. The number of methoxy groups -OCH3 is 1. The van der Waals surface area contributed by atoms with Gasteiger partial charge < -0.3 is 15.0 Å². The van der Waals surface area contributed by atoms with Crippen molar-refractivity contribution in [3.8, 4) is 17.6 Å². The van der Waals surface area contributed by atoms with E-state index in [-0.39, 0.29) is 33.2 Å². The standard InChI is InChI=1S/C23H16ClN5O3S/c1-32-19-7-8-26-20(17(19)11-25)29-22(31)16-6-5-14(10-18(16)28-23(29)33)21(30)27-12-13-3-2-4-15(24)9-13/h2-10H,12H2,1H3,(H,27,30)(H,28,33). The Kier molecular flexibility index (Phi) is 6.22. The van der Waals surface area contributed by atoms with E-state index in [1.54, 1.807) is 30.3 Å². The average molecular weight is 478 g/mol. The van der Waals surface area contributed by atoms with Crippen LogP contribution < -0.4 is 15.6 Å². The number of nitrogens with zero attached hydrogens (tertiary/aromatic N) is 3. The third-order valence-electron chi connectivity index (χ3n) is 4.94. The summed E-state index contributed by atoms with van der Waals surface area (Å²) in [6.07, 6.45) is 1.42. The first kappa shape index (κ1) is 22.2. The Bertz CT molecular complexity index is 1550. The summed E-state index contributed by atoms with van der Waals surface area (Å²) in [6.45, 7) is 0.299. The molecule has 33 heavy (non-hydrogen) atoms. The van der Waals surface area contributed by atoms with Crippen LogP contribution in [-0.2, 0) is 6.54 Å². The average Bonchev–Trinajstić information content (AvgIpc) is 2.82. The molecule has 2 N–H and O–H groups in total. The van der Waals surface area contributed by atoms with Gasteiger partial charge in [0.05, 0.1) is 18.0 Å². The number of ether oxygens (including phenoxy) is 1. The number of nitriles is 1. The summed E-state index contributed by atoms with van der Waals surface area (Å²) < 4.78 is 6.36. The zero-order chi connectivity index (χ0) is 23.5. The molecule has 1 amide bonds. The minimum Gasteiger partial charge on any atom is -0.495 e. The van der Waals surface area contributed by atoms with Crippen LogP contribution in [-0.4, -0.2) is 27.6 Å². The topological polar surface area (TPSA) is 113 Å². The summed E-state index contributed by atoms with van der Waals surface area (Å²) in [4.78, 5) is 33.0. The second kappa shape index (κ2) is 9.24. The fourth-order valence-electron chi connectivity index (χ4n) is 3.36. The summed E-state index contributed by atoms with van der Waals surface area (Å²) in [5.41, 5.74) is 1.20. The molecule has 0 aliphatic heterocycles. The number of aromatic amines is 1. The van der Waals surface area contributed by atoms with Crippen molar-refractivity contribution in [1.29, 1.82) is 5.26 Å².